The molecular weight excluding hydrogens is 378 g/mol. The third-order valence-electron chi connectivity index (χ3n) is 4.16. The van der Waals surface area contributed by atoms with E-state index in [0.29, 0.717) is 48.5 Å². The van der Waals surface area contributed by atoms with Gasteiger partial charge in [-0.3, -0.25) is 4.79 Å². The Bertz CT molecular complexity index is 879. The summed E-state index contributed by atoms with van der Waals surface area (Å²) in [5.74, 6) is 0.574. The van der Waals surface area contributed by atoms with Crippen LogP contribution in [0.15, 0.2) is 36.4 Å². The minimum atomic E-state index is -1.03. The Morgan fingerprint density at radius 1 is 1.14 bits per heavy atom. The molecule has 0 unspecified atom stereocenters. The van der Waals surface area contributed by atoms with Crippen LogP contribution < -0.4 is 24.3 Å². The second-order valence-corrected chi connectivity index (χ2v) is 6.17. The molecule has 2 aromatic carbocycles. The van der Waals surface area contributed by atoms with Gasteiger partial charge in [0.15, 0.2) is 17.6 Å². The van der Waals surface area contributed by atoms with Crippen LogP contribution in [0.5, 0.6) is 23.0 Å². The molecule has 8 heteroatoms. The normalized spacial score (nSPS) is 13.2. The summed E-state index contributed by atoms with van der Waals surface area (Å²) >= 11 is 0. The van der Waals surface area contributed by atoms with Crippen LogP contribution in [0, 0.1) is 0 Å². The predicted octanol–water partition coefficient (Wildman–Crippen LogP) is 3.05. The standard InChI is InChI=1S/C21H23NO7/c1-4-26-16-8-6-5-7-15(16)22-20(23)13(2)29-21(24)14-11-17(25-3)19-18(12-14)27-9-10-28-19/h5-8,11-13H,4,9-10H2,1-3H3,(H,22,23)/t13-/m0/s1. The molecule has 3 rings (SSSR count). The topological polar surface area (TPSA) is 92.3 Å². The third-order valence-corrected chi connectivity index (χ3v) is 4.16. The number of ether oxygens (including phenoxy) is 5. The fraction of sp³-hybridized carbons (Fsp3) is 0.333. The average molecular weight is 401 g/mol. The molecule has 8 nitrogen and oxygen atoms in total. The highest BCUT2D eigenvalue weighted by Crippen LogP contribution is 2.40. The first-order valence-corrected chi connectivity index (χ1v) is 9.24. The summed E-state index contributed by atoms with van der Waals surface area (Å²) in [6.45, 7) is 4.57. The lowest BCUT2D eigenvalue weighted by Gasteiger charge is -2.21. The number of anilines is 1. The van der Waals surface area contributed by atoms with Gasteiger partial charge in [-0.1, -0.05) is 12.1 Å². The Labute approximate surface area is 168 Å². The summed E-state index contributed by atoms with van der Waals surface area (Å²) in [5.41, 5.74) is 0.698. The van der Waals surface area contributed by atoms with Crippen molar-refractivity contribution in [3.05, 3.63) is 42.0 Å². The largest absolute Gasteiger partial charge is 0.493 e. The molecule has 1 atom stereocenters. The van der Waals surface area contributed by atoms with Gasteiger partial charge in [0.1, 0.15) is 19.0 Å². The average Bonchev–Trinajstić information content (AvgIpc) is 2.74. The van der Waals surface area contributed by atoms with Gasteiger partial charge in [0.2, 0.25) is 5.75 Å². The summed E-state index contributed by atoms with van der Waals surface area (Å²) in [6, 6.07) is 10.0. The number of carbonyl (C=O) groups excluding carboxylic acids is 2. The molecule has 0 spiro atoms. The first kappa shape index (κ1) is 20.3. The summed E-state index contributed by atoms with van der Waals surface area (Å²) in [5, 5.41) is 2.71. The molecule has 0 aliphatic carbocycles. The van der Waals surface area contributed by atoms with Crippen molar-refractivity contribution in [2.45, 2.75) is 20.0 Å². The van der Waals surface area contributed by atoms with Crippen molar-refractivity contribution >= 4 is 17.6 Å². The number of hydrogen-bond acceptors (Lipinski definition) is 7. The first-order chi connectivity index (χ1) is 14.0. The Morgan fingerprint density at radius 2 is 1.90 bits per heavy atom. The number of carbonyl (C=O) groups is 2. The summed E-state index contributed by atoms with van der Waals surface area (Å²) < 4.78 is 27.1. The number of esters is 1. The molecular formula is C21H23NO7. The van der Waals surface area contributed by atoms with Crippen molar-refractivity contribution in [1.82, 2.24) is 0 Å². The summed E-state index contributed by atoms with van der Waals surface area (Å²) in [4.78, 5) is 25.0. The van der Waals surface area contributed by atoms with E-state index in [1.807, 2.05) is 6.92 Å². The third kappa shape index (κ3) is 4.71. The number of nitrogens with one attached hydrogen (secondary N) is 1. The van der Waals surface area contributed by atoms with E-state index in [1.165, 1.54) is 26.2 Å². The smallest absolute Gasteiger partial charge is 0.339 e. The molecule has 0 saturated heterocycles. The van der Waals surface area contributed by atoms with Crippen LogP contribution in [0.1, 0.15) is 24.2 Å². The van der Waals surface area contributed by atoms with Crippen LogP contribution in [0.3, 0.4) is 0 Å². The van der Waals surface area contributed by atoms with Gasteiger partial charge in [0.05, 0.1) is 25.0 Å². The molecule has 1 amide bonds. The second kappa shape index (κ2) is 9.18. The number of rotatable bonds is 7. The lowest BCUT2D eigenvalue weighted by Crippen LogP contribution is -2.30. The van der Waals surface area contributed by atoms with Gasteiger partial charge in [0, 0.05) is 0 Å². The van der Waals surface area contributed by atoms with Gasteiger partial charge in [-0.25, -0.2) is 4.79 Å². The van der Waals surface area contributed by atoms with Crippen molar-refractivity contribution in [2.75, 3.05) is 32.2 Å². The van der Waals surface area contributed by atoms with E-state index < -0.39 is 18.0 Å². The van der Waals surface area contributed by atoms with Crippen LogP contribution >= 0.6 is 0 Å². The molecule has 0 saturated carbocycles. The molecule has 0 bridgehead atoms. The molecule has 1 heterocycles. The molecule has 0 radical (unpaired) electrons. The molecule has 1 aliphatic rings. The molecule has 1 N–H and O–H groups in total. The number of amides is 1. The van der Waals surface area contributed by atoms with Crippen LogP contribution in [0.2, 0.25) is 0 Å². The molecule has 0 aromatic heterocycles. The Hall–Kier alpha value is -3.42. The fourth-order valence-corrected chi connectivity index (χ4v) is 2.76. The molecule has 2 aromatic rings. The molecule has 29 heavy (non-hydrogen) atoms. The van der Waals surface area contributed by atoms with Crippen LogP contribution in [0.25, 0.3) is 0 Å². The second-order valence-electron chi connectivity index (χ2n) is 6.17. The summed E-state index contributed by atoms with van der Waals surface area (Å²) in [6.07, 6.45) is -1.03. The Kier molecular flexibility index (Phi) is 6.43. The maximum Gasteiger partial charge on any atom is 0.339 e. The van der Waals surface area contributed by atoms with Gasteiger partial charge in [-0.05, 0) is 38.1 Å². The molecule has 154 valence electrons. The molecule has 0 fully saturated rings. The van der Waals surface area contributed by atoms with Crippen LogP contribution in [-0.4, -0.2) is 44.9 Å². The monoisotopic (exact) mass is 401 g/mol. The van der Waals surface area contributed by atoms with Gasteiger partial charge < -0.3 is 29.0 Å². The molecule has 1 aliphatic heterocycles. The van der Waals surface area contributed by atoms with Crippen LogP contribution in [-0.2, 0) is 9.53 Å². The fourth-order valence-electron chi connectivity index (χ4n) is 2.76. The van der Waals surface area contributed by atoms with Crippen molar-refractivity contribution in [1.29, 1.82) is 0 Å². The lowest BCUT2D eigenvalue weighted by atomic mass is 10.1. The van der Waals surface area contributed by atoms with Gasteiger partial charge >= 0.3 is 5.97 Å². The maximum absolute atomic E-state index is 12.6. The number of benzene rings is 2. The highest BCUT2D eigenvalue weighted by Gasteiger charge is 2.24. The number of para-hydroxylation sites is 2. The predicted molar refractivity (Wildman–Crippen MR) is 105 cm³/mol. The van der Waals surface area contributed by atoms with Crippen molar-refractivity contribution in [3.8, 4) is 23.0 Å². The zero-order valence-corrected chi connectivity index (χ0v) is 16.5. The number of fused-ring (bicyclic) bond motifs is 1. The zero-order valence-electron chi connectivity index (χ0n) is 16.5. The minimum absolute atomic E-state index is 0.195. The highest BCUT2D eigenvalue weighted by molar-refractivity contribution is 5.98. The van der Waals surface area contributed by atoms with E-state index in [2.05, 4.69) is 5.32 Å². The van der Waals surface area contributed by atoms with Crippen molar-refractivity contribution in [3.63, 3.8) is 0 Å². The number of hydrogen-bond donors (Lipinski definition) is 1. The van der Waals surface area contributed by atoms with Crippen LogP contribution in [0.4, 0.5) is 5.69 Å². The Balaban J connectivity index is 1.70. The van der Waals surface area contributed by atoms with E-state index in [4.69, 9.17) is 23.7 Å². The maximum atomic E-state index is 12.6. The van der Waals surface area contributed by atoms with E-state index in [1.54, 1.807) is 24.3 Å². The number of methoxy groups -OCH3 is 1. The Morgan fingerprint density at radius 3 is 2.66 bits per heavy atom. The lowest BCUT2D eigenvalue weighted by molar-refractivity contribution is -0.123. The van der Waals surface area contributed by atoms with Gasteiger partial charge in [-0.15, -0.1) is 0 Å². The highest BCUT2D eigenvalue weighted by atomic mass is 16.6. The minimum Gasteiger partial charge on any atom is -0.493 e. The quantitative estimate of drug-likeness (QED) is 0.713. The van der Waals surface area contributed by atoms with E-state index in [-0.39, 0.29) is 5.56 Å². The SMILES string of the molecule is CCOc1ccccc1NC(=O)[C@H](C)OC(=O)c1cc(OC)c2c(c1)OCCO2. The first-order valence-electron chi connectivity index (χ1n) is 9.24. The zero-order chi connectivity index (χ0) is 20.8. The van der Waals surface area contributed by atoms with E-state index >= 15 is 0 Å². The van der Waals surface area contributed by atoms with E-state index in [0.717, 1.165) is 0 Å². The summed E-state index contributed by atoms with van der Waals surface area (Å²) in [7, 11) is 1.47. The van der Waals surface area contributed by atoms with E-state index in [9.17, 15) is 9.59 Å². The van der Waals surface area contributed by atoms with Gasteiger partial charge in [-0.2, -0.15) is 0 Å². The van der Waals surface area contributed by atoms with Crippen molar-refractivity contribution in [2.24, 2.45) is 0 Å². The van der Waals surface area contributed by atoms with Crippen molar-refractivity contribution < 1.29 is 33.3 Å². The van der Waals surface area contributed by atoms with Gasteiger partial charge in [0.25, 0.3) is 5.91 Å².